The summed E-state index contributed by atoms with van der Waals surface area (Å²) >= 11 is 0. The quantitative estimate of drug-likeness (QED) is 0.236. The smallest absolute Gasteiger partial charge is 0.0159 e. The standard InChI is InChI=1S/C37H26/c1-37(2)34-16-6-5-13-29(34)30-18-17-24(22-35(30)37)23-9-7-10-25(21-23)26-19-20-33-28-12-4-3-11-27(28)32-15-8-14-31(26)36(32)33/h3-22H,1-2H3. The SMILES string of the molecule is CC1(C)c2ccccc2-c2ccc(-c3cccc(-c4ccc5c6c(cccc46)-c4ccccc4-5)c3)cc21. The average molecular weight is 471 g/mol. The van der Waals surface area contributed by atoms with Crippen LogP contribution in [0.3, 0.4) is 0 Å². The molecule has 0 radical (unpaired) electrons. The maximum absolute atomic E-state index is 2.42. The summed E-state index contributed by atoms with van der Waals surface area (Å²) in [5, 5.41) is 2.71. The van der Waals surface area contributed by atoms with Gasteiger partial charge in [-0.05, 0) is 89.7 Å². The van der Waals surface area contributed by atoms with E-state index in [4.69, 9.17) is 0 Å². The van der Waals surface area contributed by atoms with Crippen molar-refractivity contribution in [3.05, 3.63) is 132 Å². The molecule has 0 N–H and O–H groups in total. The van der Waals surface area contributed by atoms with E-state index in [1.807, 2.05) is 0 Å². The minimum atomic E-state index is 0.00619. The van der Waals surface area contributed by atoms with Crippen LogP contribution in [0.15, 0.2) is 121 Å². The highest BCUT2D eigenvalue weighted by Gasteiger charge is 2.35. The molecule has 0 saturated heterocycles. The second kappa shape index (κ2) is 7.31. The van der Waals surface area contributed by atoms with Gasteiger partial charge in [-0.15, -0.1) is 0 Å². The van der Waals surface area contributed by atoms with Crippen molar-refractivity contribution < 1.29 is 0 Å². The molecule has 2 aliphatic rings. The summed E-state index contributed by atoms with van der Waals surface area (Å²) in [5.41, 5.74) is 16.1. The van der Waals surface area contributed by atoms with Gasteiger partial charge in [-0.3, -0.25) is 0 Å². The van der Waals surface area contributed by atoms with Crippen LogP contribution < -0.4 is 0 Å². The van der Waals surface area contributed by atoms with Crippen molar-refractivity contribution in [3.8, 4) is 55.6 Å². The normalized spacial score (nSPS) is 13.9. The molecule has 37 heavy (non-hydrogen) atoms. The molecule has 6 aromatic carbocycles. The first kappa shape index (κ1) is 20.7. The Labute approximate surface area is 217 Å². The molecule has 0 unspecified atom stereocenters. The fraction of sp³-hybridized carbons (Fsp3) is 0.0811. The molecule has 0 nitrogen and oxygen atoms in total. The van der Waals surface area contributed by atoms with Crippen molar-refractivity contribution in [1.29, 1.82) is 0 Å². The maximum Gasteiger partial charge on any atom is 0.0159 e. The largest absolute Gasteiger partial charge is 0.0619 e. The minimum absolute atomic E-state index is 0.00619. The molecule has 0 heterocycles. The number of benzene rings is 6. The summed E-state index contributed by atoms with van der Waals surface area (Å²) in [6.45, 7) is 4.70. The molecule has 8 rings (SSSR count). The van der Waals surface area contributed by atoms with Crippen molar-refractivity contribution in [1.82, 2.24) is 0 Å². The van der Waals surface area contributed by atoms with Crippen molar-refractivity contribution in [2.24, 2.45) is 0 Å². The van der Waals surface area contributed by atoms with Gasteiger partial charge in [-0.1, -0.05) is 123 Å². The first-order valence-corrected chi connectivity index (χ1v) is 13.1. The van der Waals surface area contributed by atoms with Gasteiger partial charge < -0.3 is 0 Å². The Balaban J connectivity index is 1.27. The Morgan fingerprint density at radius 1 is 0.378 bits per heavy atom. The van der Waals surface area contributed by atoms with Crippen molar-refractivity contribution in [3.63, 3.8) is 0 Å². The molecular weight excluding hydrogens is 444 g/mol. The number of hydrogen-bond acceptors (Lipinski definition) is 0. The second-order valence-corrected chi connectivity index (χ2v) is 10.9. The van der Waals surface area contributed by atoms with Crippen molar-refractivity contribution in [2.45, 2.75) is 19.3 Å². The van der Waals surface area contributed by atoms with Crippen molar-refractivity contribution >= 4 is 10.8 Å². The number of hydrogen-bond donors (Lipinski definition) is 0. The summed E-state index contributed by atoms with van der Waals surface area (Å²) in [6, 6.07) is 45.1. The lowest BCUT2D eigenvalue weighted by atomic mass is 9.81. The van der Waals surface area contributed by atoms with Crippen LogP contribution in [-0.4, -0.2) is 0 Å². The Morgan fingerprint density at radius 2 is 0.946 bits per heavy atom. The van der Waals surface area contributed by atoms with E-state index in [2.05, 4.69) is 135 Å². The van der Waals surface area contributed by atoms with Gasteiger partial charge in [-0.25, -0.2) is 0 Å². The first-order chi connectivity index (χ1) is 18.1. The third-order valence-corrected chi connectivity index (χ3v) is 8.64. The lowest BCUT2D eigenvalue weighted by Gasteiger charge is -2.22. The monoisotopic (exact) mass is 470 g/mol. The summed E-state index contributed by atoms with van der Waals surface area (Å²) in [6.07, 6.45) is 0. The fourth-order valence-corrected chi connectivity index (χ4v) is 6.81. The molecule has 0 aromatic heterocycles. The lowest BCUT2D eigenvalue weighted by Crippen LogP contribution is -2.14. The summed E-state index contributed by atoms with van der Waals surface area (Å²) in [7, 11) is 0. The van der Waals surface area contributed by atoms with Crippen LogP contribution >= 0.6 is 0 Å². The van der Waals surface area contributed by atoms with Gasteiger partial charge in [0.2, 0.25) is 0 Å². The van der Waals surface area contributed by atoms with Crippen LogP contribution in [0.4, 0.5) is 0 Å². The van der Waals surface area contributed by atoms with Crippen LogP contribution in [-0.2, 0) is 5.41 Å². The van der Waals surface area contributed by atoms with E-state index in [1.54, 1.807) is 0 Å². The summed E-state index contributed by atoms with van der Waals surface area (Å²) in [5.74, 6) is 0. The molecular formula is C37H26. The Hall–Kier alpha value is -4.42. The fourth-order valence-electron chi connectivity index (χ4n) is 6.81. The topological polar surface area (TPSA) is 0 Å². The van der Waals surface area contributed by atoms with Crippen LogP contribution in [0.25, 0.3) is 66.4 Å². The third-order valence-electron chi connectivity index (χ3n) is 8.64. The van der Waals surface area contributed by atoms with Gasteiger partial charge in [0, 0.05) is 5.41 Å². The van der Waals surface area contributed by atoms with Crippen LogP contribution in [0.1, 0.15) is 25.0 Å². The van der Waals surface area contributed by atoms with E-state index in [0.29, 0.717) is 0 Å². The zero-order valence-corrected chi connectivity index (χ0v) is 21.0. The molecule has 174 valence electrons. The molecule has 0 fully saturated rings. The first-order valence-electron chi connectivity index (χ1n) is 13.1. The molecule has 0 spiro atoms. The average Bonchev–Trinajstić information content (AvgIpc) is 3.39. The number of rotatable bonds is 2. The predicted molar refractivity (Wildman–Crippen MR) is 157 cm³/mol. The zero-order chi connectivity index (χ0) is 24.7. The van der Waals surface area contributed by atoms with E-state index in [9.17, 15) is 0 Å². The van der Waals surface area contributed by atoms with E-state index < -0.39 is 0 Å². The van der Waals surface area contributed by atoms with Crippen LogP contribution in [0.5, 0.6) is 0 Å². The maximum atomic E-state index is 2.42. The molecule has 0 saturated carbocycles. The van der Waals surface area contributed by atoms with Gasteiger partial charge >= 0.3 is 0 Å². The molecule has 0 bridgehead atoms. The molecule has 0 atom stereocenters. The molecule has 0 heteroatoms. The van der Waals surface area contributed by atoms with E-state index in [-0.39, 0.29) is 5.41 Å². The van der Waals surface area contributed by atoms with E-state index >= 15 is 0 Å². The Kier molecular flexibility index (Phi) is 4.10. The zero-order valence-electron chi connectivity index (χ0n) is 21.0. The lowest BCUT2D eigenvalue weighted by molar-refractivity contribution is 0.660. The molecule has 6 aromatic rings. The predicted octanol–water partition coefficient (Wildman–Crippen LogP) is 10.1. The van der Waals surface area contributed by atoms with Crippen LogP contribution in [0.2, 0.25) is 0 Å². The second-order valence-electron chi connectivity index (χ2n) is 10.9. The molecule has 2 aliphatic carbocycles. The molecule has 0 aliphatic heterocycles. The van der Waals surface area contributed by atoms with E-state index in [1.165, 1.54) is 77.5 Å². The van der Waals surface area contributed by atoms with Gasteiger partial charge in [0.05, 0.1) is 0 Å². The van der Waals surface area contributed by atoms with Gasteiger partial charge in [0.15, 0.2) is 0 Å². The highest BCUT2D eigenvalue weighted by Crippen LogP contribution is 2.51. The molecule has 0 amide bonds. The highest BCUT2D eigenvalue weighted by molar-refractivity contribution is 6.18. The number of fused-ring (bicyclic) bond motifs is 6. The third kappa shape index (κ3) is 2.79. The summed E-state index contributed by atoms with van der Waals surface area (Å²) in [4.78, 5) is 0. The van der Waals surface area contributed by atoms with Crippen LogP contribution in [0, 0.1) is 0 Å². The minimum Gasteiger partial charge on any atom is -0.0619 e. The van der Waals surface area contributed by atoms with Gasteiger partial charge in [0.25, 0.3) is 0 Å². The summed E-state index contributed by atoms with van der Waals surface area (Å²) < 4.78 is 0. The Morgan fingerprint density at radius 3 is 1.78 bits per heavy atom. The van der Waals surface area contributed by atoms with Gasteiger partial charge in [0.1, 0.15) is 0 Å². The van der Waals surface area contributed by atoms with E-state index in [0.717, 1.165) is 0 Å². The highest BCUT2D eigenvalue weighted by atomic mass is 14.4. The Bertz CT molecular complexity index is 1870. The van der Waals surface area contributed by atoms with Gasteiger partial charge in [-0.2, -0.15) is 0 Å². The van der Waals surface area contributed by atoms with Crippen molar-refractivity contribution in [2.75, 3.05) is 0 Å².